The molecule has 0 fully saturated rings. The number of aromatic nitrogens is 1. The van der Waals surface area contributed by atoms with Crippen LogP contribution in [-0.2, 0) is 0 Å². The Bertz CT molecular complexity index is 1020. The summed E-state index contributed by atoms with van der Waals surface area (Å²) in [5.41, 5.74) is 6.04. The second-order valence-corrected chi connectivity index (χ2v) is 7.18. The Morgan fingerprint density at radius 1 is 1.00 bits per heavy atom. The van der Waals surface area contributed by atoms with Gasteiger partial charge in [-0.05, 0) is 40.2 Å². The Morgan fingerprint density at radius 2 is 1.75 bits per heavy atom. The van der Waals surface area contributed by atoms with E-state index in [0.717, 1.165) is 0 Å². The van der Waals surface area contributed by atoms with Crippen molar-refractivity contribution in [1.29, 1.82) is 0 Å². The predicted octanol–water partition coefficient (Wildman–Crippen LogP) is 3.66. The van der Waals surface area contributed by atoms with Gasteiger partial charge in [-0.2, -0.15) is 0 Å². The lowest BCUT2D eigenvalue weighted by molar-refractivity contribution is 0.0844. The Balaban J connectivity index is 1.73. The summed E-state index contributed by atoms with van der Waals surface area (Å²) in [5.74, 6) is 0.144. The molecule has 0 bridgehead atoms. The largest absolute Gasteiger partial charge is 0.493 e. The standard InChI is InChI=1S/C19H16BrN3O4S/c1-26-15-9-5-7-12(16(15)27-2)19-21-14(10-28-19)18(25)23-22-17(24)11-6-3-4-8-13(11)20/h3-10H,1-2H3,(H,22,24)(H,23,25). The van der Waals surface area contributed by atoms with Crippen molar-refractivity contribution in [2.45, 2.75) is 0 Å². The molecule has 2 aromatic carbocycles. The number of methoxy groups -OCH3 is 2. The van der Waals surface area contributed by atoms with Gasteiger partial charge in [-0.1, -0.05) is 18.2 Å². The first-order chi connectivity index (χ1) is 13.5. The fourth-order valence-electron chi connectivity index (χ4n) is 2.45. The summed E-state index contributed by atoms with van der Waals surface area (Å²) in [4.78, 5) is 28.9. The lowest BCUT2D eigenvalue weighted by atomic mass is 10.2. The van der Waals surface area contributed by atoms with Gasteiger partial charge in [-0.25, -0.2) is 4.98 Å². The van der Waals surface area contributed by atoms with E-state index in [1.54, 1.807) is 49.9 Å². The molecule has 28 heavy (non-hydrogen) atoms. The van der Waals surface area contributed by atoms with Gasteiger partial charge in [0.2, 0.25) is 0 Å². The van der Waals surface area contributed by atoms with Crippen molar-refractivity contribution in [3.8, 4) is 22.1 Å². The number of benzene rings is 2. The predicted molar refractivity (Wildman–Crippen MR) is 110 cm³/mol. The summed E-state index contributed by atoms with van der Waals surface area (Å²) in [6.07, 6.45) is 0. The fourth-order valence-corrected chi connectivity index (χ4v) is 3.73. The number of thiazole rings is 1. The van der Waals surface area contributed by atoms with Crippen molar-refractivity contribution in [3.05, 3.63) is 63.6 Å². The second-order valence-electron chi connectivity index (χ2n) is 5.47. The number of hydrogen-bond acceptors (Lipinski definition) is 6. The molecule has 0 aliphatic rings. The van der Waals surface area contributed by atoms with Crippen LogP contribution in [0.5, 0.6) is 11.5 Å². The van der Waals surface area contributed by atoms with Crippen LogP contribution in [0.4, 0.5) is 0 Å². The van der Waals surface area contributed by atoms with Gasteiger partial charge in [0.25, 0.3) is 11.8 Å². The van der Waals surface area contributed by atoms with Crippen LogP contribution in [0.15, 0.2) is 52.3 Å². The van der Waals surface area contributed by atoms with Crippen molar-refractivity contribution in [2.24, 2.45) is 0 Å². The van der Waals surface area contributed by atoms with E-state index in [1.807, 2.05) is 12.1 Å². The molecule has 2 amide bonds. The first-order valence-electron chi connectivity index (χ1n) is 8.07. The van der Waals surface area contributed by atoms with Crippen LogP contribution in [-0.4, -0.2) is 31.0 Å². The number of carbonyl (C=O) groups is 2. The average Bonchev–Trinajstić information content (AvgIpc) is 3.21. The molecule has 0 saturated heterocycles. The van der Waals surface area contributed by atoms with Gasteiger partial charge < -0.3 is 9.47 Å². The Morgan fingerprint density at radius 3 is 2.46 bits per heavy atom. The van der Waals surface area contributed by atoms with E-state index in [4.69, 9.17) is 9.47 Å². The molecule has 0 saturated carbocycles. The van der Waals surface area contributed by atoms with Crippen LogP contribution in [0.1, 0.15) is 20.8 Å². The van der Waals surface area contributed by atoms with E-state index < -0.39 is 11.8 Å². The van der Waals surface area contributed by atoms with E-state index in [9.17, 15) is 9.59 Å². The quantitative estimate of drug-likeness (QED) is 0.565. The van der Waals surface area contributed by atoms with Crippen molar-refractivity contribution >= 4 is 39.1 Å². The number of hydrazine groups is 1. The maximum atomic E-state index is 12.3. The molecule has 0 aliphatic carbocycles. The summed E-state index contributed by atoms with van der Waals surface area (Å²) in [5, 5.41) is 2.20. The topological polar surface area (TPSA) is 89.5 Å². The van der Waals surface area contributed by atoms with Crippen LogP contribution in [0.2, 0.25) is 0 Å². The number of rotatable bonds is 5. The molecule has 9 heteroatoms. The highest BCUT2D eigenvalue weighted by atomic mass is 79.9. The lowest BCUT2D eigenvalue weighted by Gasteiger charge is -2.10. The molecule has 2 N–H and O–H groups in total. The van der Waals surface area contributed by atoms with Crippen LogP contribution < -0.4 is 20.3 Å². The smallest absolute Gasteiger partial charge is 0.289 e. The van der Waals surface area contributed by atoms with Gasteiger partial charge >= 0.3 is 0 Å². The third-order valence-electron chi connectivity index (χ3n) is 3.78. The summed E-state index contributed by atoms with van der Waals surface area (Å²) in [6, 6.07) is 12.3. The molecule has 0 atom stereocenters. The first-order valence-corrected chi connectivity index (χ1v) is 9.74. The molecule has 1 heterocycles. The summed E-state index contributed by atoms with van der Waals surface area (Å²) >= 11 is 4.58. The van der Waals surface area contributed by atoms with E-state index in [0.29, 0.717) is 32.1 Å². The van der Waals surface area contributed by atoms with Gasteiger partial charge in [0.1, 0.15) is 10.7 Å². The third-order valence-corrected chi connectivity index (χ3v) is 5.35. The Labute approximate surface area is 173 Å². The fraction of sp³-hybridized carbons (Fsp3) is 0.105. The molecule has 0 unspecified atom stereocenters. The zero-order valence-corrected chi connectivity index (χ0v) is 17.4. The normalized spacial score (nSPS) is 10.2. The van der Waals surface area contributed by atoms with Crippen LogP contribution in [0, 0.1) is 0 Å². The van der Waals surface area contributed by atoms with E-state index in [2.05, 4.69) is 31.8 Å². The highest BCUT2D eigenvalue weighted by Crippen LogP contribution is 2.38. The second kappa shape index (κ2) is 8.85. The molecule has 0 spiro atoms. The Hall–Kier alpha value is -2.91. The third kappa shape index (κ3) is 4.15. The number of ether oxygens (including phenoxy) is 2. The number of nitrogens with zero attached hydrogens (tertiary/aromatic N) is 1. The molecular weight excluding hydrogens is 446 g/mol. The van der Waals surface area contributed by atoms with Gasteiger partial charge in [0, 0.05) is 9.85 Å². The lowest BCUT2D eigenvalue weighted by Crippen LogP contribution is -2.41. The maximum Gasteiger partial charge on any atom is 0.289 e. The molecule has 3 aromatic rings. The van der Waals surface area contributed by atoms with E-state index in [1.165, 1.54) is 11.3 Å². The van der Waals surface area contributed by atoms with Gasteiger partial charge in [-0.3, -0.25) is 20.4 Å². The van der Waals surface area contributed by atoms with Crippen molar-refractivity contribution in [2.75, 3.05) is 14.2 Å². The Kier molecular flexibility index (Phi) is 6.27. The van der Waals surface area contributed by atoms with Gasteiger partial charge in [0.15, 0.2) is 11.5 Å². The monoisotopic (exact) mass is 461 g/mol. The minimum Gasteiger partial charge on any atom is -0.493 e. The number of nitrogens with one attached hydrogen (secondary N) is 2. The summed E-state index contributed by atoms with van der Waals surface area (Å²) in [7, 11) is 3.09. The molecule has 144 valence electrons. The SMILES string of the molecule is COc1cccc(-c2nc(C(=O)NNC(=O)c3ccccc3Br)cs2)c1OC. The molecule has 3 rings (SSSR count). The average molecular weight is 462 g/mol. The number of hydrogen-bond donors (Lipinski definition) is 2. The zero-order chi connectivity index (χ0) is 20.1. The number of carbonyl (C=O) groups excluding carboxylic acids is 2. The highest BCUT2D eigenvalue weighted by Gasteiger charge is 2.18. The van der Waals surface area contributed by atoms with Gasteiger partial charge in [-0.15, -0.1) is 11.3 Å². The van der Waals surface area contributed by atoms with E-state index in [-0.39, 0.29) is 5.69 Å². The minimum absolute atomic E-state index is 0.178. The maximum absolute atomic E-state index is 12.3. The first kappa shape index (κ1) is 19.8. The van der Waals surface area contributed by atoms with Crippen molar-refractivity contribution in [3.63, 3.8) is 0 Å². The molecule has 7 nitrogen and oxygen atoms in total. The highest BCUT2D eigenvalue weighted by molar-refractivity contribution is 9.10. The van der Waals surface area contributed by atoms with Gasteiger partial charge in [0.05, 0.1) is 25.3 Å². The van der Waals surface area contributed by atoms with Crippen LogP contribution in [0.3, 0.4) is 0 Å². The molecule has 1 aromatic heterocycles. The van der Waals surface area contributed by atoms with Crippen molar-refractivity contribution in [1.82, 2.24) is 15.8 Å². The summed E-state index contributed by atoms with van der Waals surface area (Å²) in [6.45, 7) is 0. The van der Waals surface area contributed by atoms with E-state index >= 15 is 0 Å². The number of amides is 2. The number of halogens is 1. The number of para-hydroxylation sites is 1. The molecular formula is C19H16BrN3O4S. The molecule has 0 radical (unpaired) electrons. The van der Waals surface area contributed by atoms with Crippen molar-refractivity contribution < 1.29 is 19.1 Å². The zero-order valence-electron chi connectivity index (χ0n) is 15.0. The van der Waals surface area contributed by atoms with Crippen LogP contribution >= 0.6 is 27.3 Å². The summed E-state index contributed by atoms with van der Waals surface area (Å²) < 4.78 is 11.3. The van der Waals surface area contributed by atoms with Crippen LogP contribution in [0.25, 0.3) is 10.6 Å². The minimum atomic E-state index is -0.523. The molecule has 0 aliphatic heterocycles.